The molecule has 1 aliphatic rings. The SMILES string of the molecule is Cc1ccc(CC2(C(=O)O)CCOC2C)cc1. The van der Waals surface area contributed by atoms with E-state index in [0.717, 1.165) is 5.56 Å². The Kier molecular flexibility index (Phi) is 3.20. The number of carbonyl (C=O) groups is 1. The summed E-state index contributed by atoms with van der Waals surface area (Å²) in [5.74, 6) is -0.747. The van der Waals surface area contributed by atoms with Crippen LogP contribution in [0, 0.1) is 12.3 Å². The van der Waals surface area contributed by atoms with Gasteiger partial charge in [0.1, 0.15) is 0 Å². The van der Waals surface area contributed by atoms with Gasteiger partial charge in [0.2, 0.25) is 0 Å². The average molecular weight is 234 g/mol. The Hall–Kier alpha value is -1.35. The highest BCUT2D eigenvalue weighted by atomic mass is 16.5. The van der Waals surface area contributed by atoms with Gasteiger partial charge >= 0.3 is 5.97 Å². The number of aryl methyl sites for hydroxylation is 1. The molecule has 1 N–H and O–H groups in total. The summed E-state index contributed by atoms with van der Waals surface area (Å²) in [7, 11) is 0. The largest absolute Gasteiger partial charge is 0.481 e. The lowest BCUT2D eigenvalue weighted by Gasteiger charge is -2.27. The third kappa shape index (κ3) is 2.20. The van der Waals surface area contributed by atoms with Crippen LogP contribution in [0.5, 0.6) is 0 Å². The molecular formula is C14H18O3. The molecule has 1 aromatic carbocycles. The summed E-state index contributed by atoms with van der Waals surface area (Å²) in [6.07, 6.45) is 0.919. The fraction of sp³-hybridized carbons (Fsp3) is 0.500. The highest BCUT2D eigenvalue weighted by Crippen LogP contribution is 2.38. The van der Waals surface area contributed by atoms with Crippen molar-refractivity contribution in [2.45, 2.75) is 32.8 Å². The first kappa shape index (κ1) is 12.1. The zero-order valence-electron chi connectivity index (χ0n) is 10.3. The quantitative estimate of drug-likeness (QED) is 0.873. The van der Waals surface area contributed by atoms with Gasteiger partial charge in [0.05, 0.1) is 11.5 Å². The third-order valence-corrected chi connectivity index (χ3v) is 3.76. The Labute approximate surface area is 101 Å². The van der Waals surface area contributed by atoms with E-state index in [1.54, 1.807) is 0 Å². The number of hydrogen-bond donors (Lipinski definition) is 1. The van der Waals surface area contributed by atoms with Gasteiger partial charge in [0, 0.05) is 6.61 Å². The number of hydrogen-bond acceptors (Lipinski definition) is 2. The maximum absolute atomic E-state index is 11.5. The molecule has 1 fully saturated rings. The topological polar surface area (TPSA) is 46.5 Å². The molecule has 3 nitrogen and oxygen atoms in total. The molecule has 17 heavy (non-hydrogen) atoms. The van der Waals surface area contributed by atoms with Crippen molar-refractivity contribution < 1.29 is 14.6 Å². The van der Waals surface area contributed by atoms with Crippen LogP contribution in [0.4, 0.5) is 0 Å². The van der Waals surface area contributed by atoms with Gasteiger partial charge < -0.3 is 9.84 Å². The second kappa shape index (κ2) is 4.49. The lowest BCUT2D eigenvalue weighted by atomic mass is 9.76. The Balaban J connectivity index is 2.24. The third-order valence-electron chi connectivity index (χ3n) is 3.76. The van der Waals surface area contributed by atoms with Crippen LogP contribution in [-0.2, 0) is 16.0 Å². The maximum Gasteiger partial charge on any atom is 0.312 e. The van der Waals surface area contributed by atoms with Crippen LogP contribution in [-0.4, -0.2) is 23.8 Å². The molecule has 0 aliphatic carbocycles. The van der Waals surface area contributed by atoms with Gasteiger partial charge in [0.15, 0.2) is 0 Å². The van der Waals surface area contributed by atoms with Crippen LogP contribution < -0.4 is 0 Å². The molecule has 1 heterocycles. The normalized spacial score (nSPS) is 28.2. The van der Waals surface area contributed by atoms with E-state index >= 15 is 0 Å². The monoisotopic (exact) mass is 234 g/mol. The second-order valence-electron chi connectivity index (χ2n) is 4.89. The predicted molar refractivity (Wildman–Crippen MR) is 65.0 cm³/mol. The molecule has 3 heteroatoms. The van der Waals surface area contributed by atoms with Crippen LogP contribution in [0.15, 0.2) is 24.3 Å². The molecule has 0 spiro atoms. The van der Waals surface area contributed by atoms with Gasteiger partial charge in [-0.05, 0) is 32.3 Å². The molecule has 2 rings (SSSR count). The summed E-state index contributed by atoms with van der Waals surface area (Å²) in [5.41, 5.74) is 1.50. The number of benzene rings is 1. The molecular weight excluding hydrogens is 216 g/mol. The van der Waals surface area contributed by atoms with Crippen molar-refractivity contribution in [2.24, 2.45) is 5.41 Å². The van der Waals surface area contributed by atoms with E-state index in [4.69, 9.17) is 4.74 Å². The van der Waals surface area contributed by atoms with Crippen molar-refractivity contribution in [3.63, 3.8) is 0 Å². The molecule has 0 radical (unpaired) electrons. The maximum atomic E-state index is 11.5. The van der Waals surface area contributed by atoms with Gasteiger partial charge in [-0.15, -0.1) is 0 Å². The summed E-state index contributed by atoms with van der Waals surface area (Å²) in [4.78, 5) is 11.5. The molecule has 2 unspecified atom stereocenters. The lowest BCUT2D eigenvalue weighted by Crippen LogP contribution is -2.39. The van der Waals surface area contributed by atoms with Crippen LogP contribution in [0.2, 0.25) is 0 Å². The summed E-state index contributed by atoms with van der Waals surface area (Å²) < 4.78 is 5.45. The fourth-order valence-corrected chi connectivity index (χ4v) is 2.44. The van der Waals surface area contributed by atoms with Gasteiger partial charge in [-0.3, -0.25) is 4.79 Å². The van der Waals surface area contributed by atoms with E-state index in [9.17, 15) is 9.90 Å². The van der Waals surface area contributed by atoms with Crippen molar-refractivity contribution in [3.8, 4) is 0 Å². The standard InChI is InChI=1S/C14H18O3/c1-10-3-5-12(6-4-10)9-14(13(15)16)7-8-17-11(14)2/h3-6,11H,7-9H2,1-2H3,(H,15,16). The Morgan fingerprint density at radius 3 is 2.59 bits per heavy atom. The number of aliphatic carboxylic acids is 1. The van der Waals surface area contributed by atoms with Crippen LogP contribution in [0.25, 0.3) is 0 Å². The Bertz CT molecular complexity index is 410. The Morgan fingerprint density at radius 2 is 2.12 bits per heavy atom. The van der Waals surface area contributed by atoms with E-state index in [1.807, 2.05) is 38.1 Å². The second-order valence-corrected chi connectivity index (χ2v) is 4.89. The van der Waals surface area contributed by atoms with Crippen molar-refractivity contribution in [3.05, 3.63) is 35.4 Å². The Morgan fingerprint density at radius 1 is 1.47 bits per heavy atom. The molecule has 1 saturated heterocycles. The molecule has 0 saturated carbocycles. The number of rotatable bonds is 3. The molecule has 0 bridgehead atoms. The minimum Gasteiger partial charge on any atom is -0.481 e. The first-order chi connectivity index (χ1) is 8.04. The molecule has 0 amide bonds. The van der Waals surface area contributed by atoms with Crippen LogP contribution >= 0.6 is 0 Å². The highest BCUT2D eigenvalue weighted by Gasteiger charge is 2.48. The van der Waals surface area contributed by atoms with Crippen LogP contribution in [0.3, 0.4) is 0 Å². The summed E-state index contributed by atoms with van der Waals surface area (Å²) in [5, 5.41) is 9.47. The van der Waals surface area contributed by atoms with Gasteiger partial charge in [-0.25, -0.2) is 0 Å². The smallest absolute Gasteiger partial charge is 0.312 e. The highest BCUT2D eigenvalue weighted by molar-refractivity contribution is 5.76. The van der Waals surface area contributed by atoms with Gasteiger partial charge in [0.25, 0.3) is 0 Å². The zero-order valence-corrected chi connectivity index (χ0v) is 10.3. The van der Waals surface area contributed by atoms with Gasteiger partial charge in [-0.2, -0.15) is 0 Å². The predicted octanol–water partition coefficient (Wildman–Crippen LogP) is 2.42. The molecule has 0 aromatic heterocycles. The number of ether oxygens (including phenoxy) is 1. The lowest BCUT2D eigenvalue weighted by molar-refractivity contribution is -0.151. The molecule has 1 aromatic rings. The minimum absolute atomic E-state index is 0.221. The van der Waals surface area contributed by atoms with E-state index < -0.39 is 11.4 Å². The summed E-state index contributed by atoms with van der Waals surface area (Å²) in [6.45, 7) is 4.42. The van der Waals surface area contributed by atoms with Crippen molar-refractivity contribution in [1.29, 1.82) is 0 Å². The molecule has 2 atom stereocenters. The number of carboxylic acids is 1. The van der Waals surface area contributed by atoms with E-state index in [2.05, 4.69) is 0 Å². The van der Waals surface area contributed by atoms with E-state index in [0.29, 0.717) is 19.4 Å². The fourth-order valence-electron chi connectivity index (χ4n) is 2.44. The van der Waals surface area contributed by atoms with Crippen molar-refractivity contribution in [2.75, 3.05) is 6.61 Å². The van der Waals surface area contributed by atoms with E-state index in [-0.39, 0.29) is 6.10 Å². The first-order valence-electron chi connectivity index (χ1n) is 5.95. The van der Waals surface area contributed by atoms with Crippen LogP contribution in [0.1, 0.15) is 24.5 Å². The summed E-state index contributed by atoms with van der Waals surface area (Å²) >= 11 is 0. The average Bonchev–Trinajstić information content (AvgIpc) is 2.65. The summed E-state index contributed by atoms with van der Waals surface area (Å²) in [6, 6.07) is 8.05. The van der Waals surface area contributed by atoms with Crippen molar-refractivity contribution >= 4 is 5.97 Å². The zero-order chi connectivity index (χ0) is 12.5. The minimum atomic E-state index is -0.755. The van der Waals surface area contributed by atoms with Crippen molar-refractivity contribution in [1.82, 2.24) is 0 Å². The molecule has 1 aliphatic heterocycles. The number of carboxylic acid groups (broad SMARTS) is 1. The van der Waals surface area contributed by atoms with E-state index in [1.165, 1.54) is 5.56 Å². The molecule has 92 valence electrons. The van der Waals surface area contributed by atoms with Gasteiger partial charge in [-0.1, -0.05) is 29.8 Å². The first-order valence-corrected chi connectivity index (χ1v) is 5.95.